The Morgan fingerprint density at radius 2 is 1.83 bits per heavy atom. The van der Waals surface area contributed by atoms with E-state index in [0.717, 1.165) is 29.0 Å². The van der Waals surface area contributed by atoms with Crippen molar-refractivity contribution in [2.24, 2.45) is 0 Å². The molecule has 2 aromatic rings. The molecule has 4 nitrogen and oxygen atoms in total. The number of likely N-dealkylation sites (tertiary alicyclic amines) is 1. The summed E-state index contributed by atoms with van der Waals surface area (Å²) < 4.78 is 1.82. The van der Waals surface area contributed by atoms with E-state index < -0.39 is 0 Å². The van der Waals surface area contributed by atoms with Crippen LogP contribution in [0.15, 0.2) is 23.4 Å². The summed E-state index contributed by atoms with van der Waals surface area (Å²) in [6.07, 6.45) is 5.40. The van der Waals surface area contributed by atoms with Gasteiger partial charge in [0.25, 0.3) is 0 Å². The molecule has 0 spiro atoms. The first-order chi connectivity index (χ1) is 11.6. The molecule has 0 atom stereocenters. The smallest absolute Gasteiger partial charge is 0.209 e. The number of aryl methyl sites for hydroxylation is 1. The van der Waals surface area contributed by atoms with Crippen LogP contribution in [0.1, 0.15) is 31.5 Å². The average molecular weight is 385 g/mol. The molecule has 0 N–H and O–H groups in total. The van der Waals surface area contributed by atoms with E-state index in [0.29, 0.717) is 10.0 Å². The molecule has 1 saturated heterocycles. The van der Waals surface area contributed by atoms with Crippen molar-refractivity contribution in [3.8, 4) is 5.69 Å². The summed E-state index contributed by atoms with van der Waals surface area (Å²) in [6.45, 7) is 5.51. The third-order valence-corrected chi connectivity index (χ3v) is 5.79. The Labute approximate surface area is 157 Å². The number of aromatic nitrogens is 3. The van der Waals surface area contributed by atoms with Crippen LogP contribution in [0.25, 0.3) is 5.69 Å². The highest BCUT2D eigenvalue weighted by molar-refractivity contribution is 7.99. The van der Waals surface area contributed by atoms with Crippen LogP contribution in [-0.2, 0) is 0 Å². The molecule has 7 heteroatoms. The molecule has 2 heterocycles. The van der Waals surface area contributed by atoms with E-state index in [2.05, 4.69) is 15.0 Å². The molecule has 1 aliphatic rings. The molecule has 1 aromatic heterocycles. The first kappa shape index (κ1) is 18.1. The van der Waals surface area contributed by atoms with Crippen molar-refractivity contribution in [1.82, 2.24) is 19.7 Å². The van der Waals surface area contributed by atoms with Gasteiger partial charge < -0.3 is 4.90 Å². The Bertz CT molecular complexity index is 681. The summed E-state index contributed by atoms with van der Waals surface area (Å²) in [5.41, 5.74) is 0.883. The van der Waals surface area contributed by atoms with Crippen LogP contribution in [0.5, 0.6) is 0 Å². The van der Waals surface area contributed by atoms with Crippen LogP contribution in [0.4, 0.5) is 0 Å². The Morgan fingerprint density at radius 3 is 2.54 bits per heavy atom. The molecule has 0 saturated carbocycles. The van der Waals surface area contributed by atoms with E-state index in [1.54, 1.807) is 17.8 Å². The molecule has 3 rings (SSSR count). The molecule has 130 valence electrons. The molecule has 1 fully saturated rings. The summed E-state index contributed by atoms with van der Waals surface area (Å²) in [7, 11) is 0. The summed E-state index contributed by atoms with van der Waals surface area (Å²) in [5, 5.41) is 6.49. The topological polar surface area (TPSA) is 34.0 Å². The summed E-state index contributed by atoms with van der Waals surface area (Å²) in [4.78, 5) is 7.12. The fraction of sp³-hybridized carbons (Fsp3) is 0.529. The quantitative estimate of drug-likeness (QED) is 0.689. The summed E-state index contributed by atoms with van der Waals surface area (Å²) in [6, 6.07) is 5.51. The zero-order chi connectivity index (χ0) is 16.9. The fourth-order valence-corrected chi connectivity index (χ4v) is 4.07. The van der Waals surface area contributed by atoms with E-state index in [9.17, 15) is 0 Å². The molecule has 24 heavy (non-hydrogen) atoms. The Balaban J connectivity index is 1.60. The van der Waals surface area contributed by atoms with Gasteiger partial charge in [0.1, 0.15) is 5.82 Å². The number of hydrogen-bond donors (Lipinski definition) is 0. The maximum Gasteiger partial charge on any atom is 0.209 e. The SMILES string of the molecule is Cc1nc(SCCN2CCCCCC2)nn1-c1ccc(Cl)c(Cl)c1. The molecule has 1 aromatic carbocycles. The Hall–Kier alpha value is -0.750. The van der Waals surface area contributed by atoms with Gasteiger partial charge in [-0.25, -0.2) is 9.67 Å². The van der Waals surface area contributed by atoms with Crippen LogP contribution in [-0.4, -0.2) is 45.1 Å². The van der Waals surface area contributed by atoms with Crippen molar-refractivity contribution in [2.75, 3.05) is 25.4 Å². The first-order valence-corrected chi connectivity index (χ1v) is 10.1. The van der Waals surface area contributed by atoms with Crippen LogP contribution >= 0.6 is 35.0 Å². The minimum atomic E-state index is 0.527. The van der Waals surface area contributed by atoms with Crippen molar-refractivity contribution in [3.63, 3.8) is 0 Å². The standard InChI is InChI=1S/C17H22Cl2N4S/c1-13-20-17(24-11-10-22-8-4-2-3-5-9-22)21-23(13)14-6-7-15(18)16(19)12-14/h6-7,12H,2-5,8-11H2,1H3. The van der Waals surface area contributed by atoms with Gasteiger partial charge in [0.05, 0.1) is 15.7 Å². The Kier molecular flexibility index (Phi) is 6.44. The van der Waals surface area contributed by atoms with E-state index >= 15 is 0 Å². The van der Waals surface area contributed by atoms with E-state index in [1.165, 1.54) is 38.8 Å². The van der Waals surface area contributed by atoms with Gasteiger partial charge in [0.15, 0.2) is 0 Å². The number of thioether (sulfide) groups is 1. The highest BCUT2D eigenvalue weighted by Crippen LogP contribution is 2.25. The molecule has 0 bridgehead atoms. The maximum atomic E-state index is 6.10. The minimum Gasteiger partial charge on any atom is -0.303 e. The van der Waals surface area contributed by atoms with Crippen molar-refractivity contribution in [1.29, 1.82) is 0 Å². The van der Waals surface area contributed by atoms with Gasteiger partial charge in [-0.1, -0.05) is 47.8 Å². The van der Waals surface area contributed by atoms with Crippen LogP contribution < -0.4 is 0 Å². The molecule has 1 aliphatic heterocycles. The zero-order valence-corrected chi connectivity index (χ0v) is 16.2. The molecule has 0 amide bonds. The van der Waals surface area contributed by atoms with Crippen molar-refractivity contribution < 1.29 is 0 Å². The lowest BCUT2D eigenvalue weighted by molar-refractivity contribution is 0.303. The van der Waals surface area contributed by atoms with Crippen LogP contribution in [0.2, 0.25) is 10.0 Å². The first-order valence-electron chi connectivity index (χ1n) is 8.38. The van der Waals surface area contributed by atoms with Crippen LogP contribution in [0, 0.1) is 6.92 Å². The lowest BCUT2D eigenvalue weighted by Crippen LogP contribution is -2.27. The monoisotopic (exact) mass is 384 g/mol. The second kappa shape index (κ2) is 8.56. The molecule has 0 aliphatic carbocycles. The van der Waals surface area contributed by atoms with Crippen molar-refractivity contribution >= 4 is 35.0 Å². The third kappa shape index (κ3) is 4.66. The average Bonchev–Trinajstić information content (AvgIpc) is 2.76. The summed E-state index contributed by atoms with van der Waals surface area (Å²) >= 11 is 13.8. The molecule has 0 unspecified atom stereocenters. The molecular weight excluding hydrogens is 363 g/mol. The highest BCUT2D eigenvalue weighted by atomic mass is 35.5. The van der Waals surface area contributed by atoms with Gasteiger partial charge in [-0.15, -0.1) is 5.10 Å². The molecular formula is C17H22Cl2N4S. The number of rotatable bonds is 5. The normalized spacial score (nSPS) is 16.3. The molecule has 0 radical (unpaired) electrons. The van der Waals surface area contributed by atoms with Gasteiger partial charge in [-0.2, -0.15) is 0 Å². The second-order valence-electron chi connectivity index (χ2n) is 6.06. The van der Waals surface area contributed by atoms with E-state index in [-0.39, 0.29) is 0 Å². The van der Waals surface area contributed by atoms with Gasteiger partial charge in [-0.05, 0) is 51.1 Å². The fourth-order valence-electron chi connectivity index (χ4n) is 2.91. The van der Waals surface area contributed by atoms with E-state index in [4.69, 9.17) is 23.2 Å². The number of benzene rings is 1. The van der Waals surface area contributed by atoms with Gasteiger partial charge in [0.2, 0.25) is 5.16 Å². The van der Waals surface area contributed by atoms with Gasteiger partial charge in [-0.3, -0.25) is 0 Å². The predicted molar refractivity (Wildman–Crippen MR) is 102 cm³/mol. The lowest BCUT2D eigenvalue weighted by Gasteiger charge is -2.18. The number of halogens is 2. The predicted octanol–water partition coefficient (Wildman–Crippen LogP) is 4.85. The Morgan fingerprint density at radius 1 is 1.08 bits per heavy atom. The number of nitrogens with zero attached hydrogens (tertiary/aromatic N) is 4. The van der Waals surface area contributed by atoms with Gasteiger partial charge >= 0.3 is 0 Å². The number of hydrogen-bond acceptors (Lipinski definition) is 4. The summed E-state index contributed by atoms with van der Waals surface area (Å²) in [5.74, 6) is 1.87. The van der Waals surface area contributed by atoms with E-state index in [1.807, 2.05) is 23.7 Å². The largest absolute Gasteiger partial charge is 0.303 e. The second-order valence-corrected chi connectivity index (χ2v) is 7.93. The highest BCUT2D eigenvalue weighted by Gasteiger charge is 2.12. The van der Waals surface area contributed by atoms with Gasteiger partial charge in [0, 0.05) is 12.3 Å². The maximum absolute atomic E-state index is 6.10. The zero-order valence-electron chi connectivity index (χ0n) is 13.8. The minimum absolute atomic E-state index is 0.527. The third-order valence-electron chi connectivity index (χ3n) is 4.23. The van der Waals surface area contributed by atoms with Crippen LogP contribution in [0.3, 0.4) is 0 Å². The van der Waals surface area contributed by atoms with Crippen molar-refractivity contribution in [2.45, 2.75) is 37.8 Å². The van der Waals surface area contributed by atoms with Crippen molar-refractivity contribution in [3.05, 3.63) is 34.1 Å². The lowest BCUT2D eigenvalue weighted by atomic mass is 10.2.